The third-order valence-corrected chi connectivity index (χ3v) is 2.31. The van der Waals surface area contributed by atoms with Gasteiger partial charge in [-0.1, -0.05) is 77.3 Å². The van der Waals surface area contributed by atoms with Crippen LogP contribution in [-0.4, -0.2) is 7.11 Å². The van der Waals surface area contributed by atoms with Crippen molar-refractivity contribution in [1.82, 2.24) is 0 Å². The zero-order valence-corrected chi connectivity index (χ0v) is 15.8. The van der Waals surface area contributed by atoms with E-state index in [1.54, 1.807) is 12.2 Å². The molecule has 0 aliphatic rings. The largest absolute Gasteiger partial charge is 0.494 e. The number of rotatable bonds is 7. The van der Waals surface area contributed by atoms with Gasteiger partial charge in [-0.3, -0.25) is 0 Å². The predicted molar refractivity (Wildman–Crippen MR) is 104 cm³/mol. The van der Waals surface area contributed by atoms with Gasteiger partial charge in [0, 0.05) is 5.57 Å². The van der Waals surface area contributed by atoms with Gasteiger partial charge in [0.2, 0.25) is 5.83 Å². The second kappa shape index (κ2) is 17.2. The minimum atomic E-state index is -1.17. The summed E-state index contributed by atoms with van der Waals surface area (Å²) in [6.45, 7) is 25.5. The van der Waals surface area contributed by atoms with E-state index < -0.39 is 11.7 Å². The summed E-state index contributed by atoms with van der Waals surface area (Å²) in [4.78, 5) is 0. The van der Waals surface area contributed by atoms with Gasteiger partial charge in [-0.2, -0.15) is 4.39 Å². The van der Waals surface area contributed by atoms with Crippen LogP contribution in [0.3, 0.4) is 0 Å². The Morgan fingerprint density at radius 1 is 0.958 bits per heavy atom. The fourth-order valence-corrected chi connectivity index (χ4v) is 0.922. The van der Waals surface area contributed by atoms with Crippen molar-refractivity contribution >= 4 is 0 Å². The van der Waals surface area contributed by atoms with Crippen LogP contribution in [0.4, 0.5) is 8.78 Å². The molecule has 0 aromatic rings. The first kappa shape index (κ1) is 26.7. The van der Waals surface area contributed by atoms with Crippen LogP contribution in [0, 0.1) is 0 Å². The van der Waals surface area contributed by atoms with Crippen LogP contribution >= 0.6 is 0 Å². The highest BCUT2D eigenvalue weighted by Crippen LogP contribution is 2.26. The molecule has 0 spiro atoms. The van der Waals surface area contributed by atoms with Crippen molar-refractivity contribution in [2.45, 2.75) is 40.5 Å². The van der Waals surface area contributed by atoms with E-state index >= 15 is 0 Å². The third kappa shape index (κ3) is 13.5. The Kier molecular flexibility index (Phi) is 19.1. The summed E-state index contributed by atoms with van der Waals surface area (Å²) in [6.07, 6.45) is 6.99. The highest BCUT2D eigenvalue weighted by Gasteiger charge is 2.14. The van der Waals surface area contributed by atoms with Gasteiger partial charge in [-0.05, 0) is 18.9 Å². The fraction of sp³-hybridized carbons (Fsp3) is 0.333. The van der Waals surface area contributed by atoms with E-state index in [0.717, 1.165) is 12.0 Å². The lowest BCUT2D eigenvalue weighted by Crippen LogP contribution is -1.93. The normalized spacial score (nSPS) is 10.3. The first-order valence-electron chi connectivity index (χ1n) is 7.78. The molecule has 136 valence electrons. The van der Waals surface area contributed by atoms with Crippen molar-refractivity contribution in [1.29, 1.82) is 0 Å². The van der Waals surface area contributed by atoms with Gasteiger partial charge >= 0.3 is 0 Å². The first-order valence-corrected chi connectivity index (χ1v) is 7.78. The molecule has 0 bridgehead atoms. The minimum absolute atomic E-state index is 0.147. The van der Waals surface area contributed by atoms with Gasteiger partial charge in [0.15, 0.2) is 5.83 Å². The fourth-order valence-electron chi connectivity index (χ4n) is 0.922. The third-order valence-electron chi connectivity index (χ3n) is 2.31. The zero-order valence-electron chi connectivity index (χ0n) is 15.8. The highest BCUT2D eigenvalue weighted by molar-refractivity contribution is 5.49. The molecule has 1 nitrogen and oxygen atoms in total. The first-order chi connectivity index (χ1) is 11.2. The Bertz CT molecular complexity index is 494. The maximum Gasteiger partial charge on any atom is 0.200 e. The number of ether oxygens (including phenoxy) is 1. The van der Waals surface area contributed by atoms with Crippen molar-refractivity contribution in [2.24, 2.45) is 0 Å². The Labute approximate surface area is 147 Å². The van der Waals surface area contributed by atoms with E-state index in [1.165, 1.54) is 19.6 Å². The molecule has 0 aliphatic carbocycles. The zero-order chi connectivity index (χ0) is 19.7. The topological polar surface area (TPSA) is 9.23 Å². The van der Waals surface area contributed by atoms with Crippen LogP contribution in [0.5, 0.6) is 0 Å². The van der Waals surface area contributed by atoms with E-state index in [0.29, 0.717) is 0 Å². The monoisotopic (exact) mass is 338 g/mol. The maximum absolute atomic E-state index is 13.6. The molecule has 0 radical (unpaired) electrons. The van der Waals surface area contributed by atoms with Crippen molar-refractivity contribution in [2.75, 3.05) is 7.11 Å². The second-order valence-electron chi connectivity index (χ2n) is 4.72. The molecule has 0 saturated heterocycles. The van der Waals surface area contributed by atoms with Crippen LogP contribution < -0.4 is 0 Å². The van der Waals surface area contributed by atoms with Crippen LogP contribution in [0.1, 0.15) is 40.5 Å². The Hall–Kier alpha value is -2.16. The summed E-state index contributed by atoms with van der Waals surface area (Å²) in [6, 6.07) is 0. The van der Waals surface area contributed by atoms with E-state index in [2.05, 4.69) is 51.5 Å². The van der Waals surface area contributed by atoms with Gasteiger partial charge < -0.3 is 4.74 Å². The molecule has 24 heavy (non-hydrogen) atoms. The summed E-state index contributed by atoms with van der Waals surface area (Å²) < 4.78 is 31.5. The maximum atomic E-state index is 13.6. The summed E-state index contributed by atoms with van der Waals surface area (Å²) in [5.41, 5.74) is 0.974. The average Bonchev–Trinajstić information content (AvgIpc) is 2.57. The molecule has 0 atom stereocenters. The number of halogens is 2. The Morgan fingerprint density at radius 3 is 1.71 bits per heavy atom. The lowest BCUT2D eigenvalue weighted by atomic mass is 10.1. The number of hydrogen-bond donors (Lipinski definition) is 0. The SMILES string of the molecule is C=C(/C=C\C(=C)C(=C)/C(F)=C(/F)C(=C)OC)CC.C=CC.CCC. The summed E-state index contributed by atoms with van der Waals surface area (Å²) in [7, 11) is 1.21. The Balaban J connectivity index is -0.000000635. The number of allylic oxidation sites excluding steroid dienone is 8. The quantitative estimate of drug-likeness (QED) is 0.265. The molecular weight excluding hydrogens is 306 g/mol. The molecule has 0 aliphatic heterocycles. The lowest BCUT2D eigenvalue weighted by molar-refractivity contribution is 0.281. The molecule has 0 rings (SSSR count). The van der Waals surface area contributed by atoms with Crippen molar-refractivity contribution < 1.29 is 13.5 Å². The van der Waals surface area contributed by atoms with Crippen LogP contribution in [0.15, 0.2) is 85.3 Å². The Morgan fingerprint density at radius 2 is 1.38 bits per heavy atom. The summed E-state index contributed by atoms with van der Waals surface area (Å²) in [5, 5.41) is 0. The van der Waals surface area contributed by atoms with E-state index in [-0.39, 0.29) is 16.9 Å². The predicted octanol–water partition coefficient (Wildman–Crippen LogP) is 7.54. The summed E-state index contributed by atoms with van der Waals surface area (Å²) >= 11 is 0. The molecule has 3 heteroatoms. The van der Waals surface area contributed by atoms with Crippen LogP contribution in [-0.2, 0) is 4.74 Å². The lowest BCUT2D eigenvalue weighted by Gasteiger charge is -2.06. The van der Waals surface area contributed by atoms with Gasteiger partial charge in [0.25, 0.3) is 0 Å². The number of hydrogen-bond acceptors (Lipinski definition) is 1. The molecule has 0 unspecified atom stereocenters. The molecule has 0 aromatic carbocycles. The van der Waals surface area contributed by atoms with Crippen LogP contribution in [0.2, 0.25) is 0 Å². The summed E-state index contributed by atoms with van der Waals surface area (Å²) in [5.74, 6) is -2.69. The highest BCUT2D eigenvalue weighted by atomic mass is 19.2. The van der Waals surface area contributed by atoms with E-state index in [9.17, 15) is 8.78 Å². The molecule has 0 amide bonds. The smallest absolute Gasteiger partial charge is 0.200 e. The minimum Gasteiger partial charge on any atom is -0.494 e. The van der Waals surface area contributed by atoms with Crippen molar-refractivity contribution in [3.63, 3.8) is 0 Å². The van der Waals surface area contributed by atoms with Gasteiger partial charge in [0.05, 0.1) is 7.11 Å². The molecule has 0 N–H and O–H groups in total. The standard InChI is InChI=1S/C15H18F2O.C3H8.C3H6/c1-7-10(2)8-9-11(3)12(4)14(16)15(17)13(5)18-6;2*1-3-2/h8-9H,2-5,7H2,1,6H3;3H2,1-2H3;3H,1H2,2H3/b9-8-,15-14-;;. The van der Waals surface area contributed by atoms with E-state index in [4.69, 9.17) is 0 Å². The number of methoxy groups -OCH3 is 1. The average molecular weight is 338 g/mol. The second-order valence-corrected chi connectivity index (χ2v) is 4.72. The molecule has 0 heterocycles. The molecule has 0 saturated carbocycles. The molecular formula is C21H32F2O. The molecule has 0 fully saturated rings. The van der Waals surface area contributed by atoms with Gasteiger partial charge in [0.1, 0.15) is 5.76 Å². The van der Waals surface area contributed by atoms with E-state index in [1.807, 2.05) is 13.8 Å². The van der Waals surface area contributed by atoms with Crippen LogP contribution in [0.25, 0.3) is 0 Å². The van der Waals surface area contributed by atoms with Gasteiger partial charge in [-0.15, -0.1) is 6.58 Å². The molecule has 0 aromatic heterocycles. The van der Waals surface area contributed by atoms with Crippen molar-refractivity contribution in [3.05, 3.63) is 85.3 Å². The van der Waals surface area contributed by atoms with Crippen molar-refractivity contribution in [3.8, 4) is 0 Å². The van der Waals surface area contributed by atoms with Gasteiger partial charge in [-0.25, -0.2) is 4.39 Å².